The molecule has 0 spiro atoms. The Morgan fingerprint density at radius 1 is 0.521 bits per heavy atom. The van der Waals surface area contributed by atoms with E-state index in [1.807, 2.05) is 0 Å². The number of aliphatic hydroxyl groups excluding tert-OH is 1. The molecule has 1 unspecified atom stereocenters. The monoisotopic (exact) mass is 1970 g/mol. The lowest BCUT2D eigenvalue weighted by molar-refractivity contribution is -0.247. The van der Waals surface area contributed by atoms with Crippen molar-refractivity contribution >= 4 is 192 Å². The van der Waals surface area contributed by atoms with Crippen LogP contribution < -0.4 is 27.8 Å². The molecular formula is C66H119Cl8FN21O21P4-. The minimum atomic E-state index is -4.40. The maximum absolute atomic E-state index is 12.7. The fraction of sp³-hybridized carbons (Fsp3) is 0.697. The van der Waals surface area contributed by atoms with Gasteiger partial charge in [0.1, 0.15) is 53.5 Å². The van der Waals surface area contributed by atoms with Gasteiger partial charge in [-0.2, -0.15) is 39.9 Å². The number of nitrogen functional groups attached to an aromatic ring is 4. The number of anilines is 4. The Kier molecular flexibility index (Phi) is 65.7. The zero-order valence-corrected chi connectivity index (χ0v) is 78.3. The highest BCUT2D eigenvalue weighted by Crippen LogP contribution is 2.51. The van der Waals surface area contributed by atoms with Crippen molar-refractivity contribution in [2.45, 2.75) is 166 Å². The summed E-state index contributed by atoms with van der Waals surface area (Å²) in [5.74, 6) is 1.47. The first-order valence-electron chi connectivity index (χ1n) is 37.5. The summed E-state index contributed by atoms with van der Waals surface area (Å²) in [6.45, 7) is 28.7. The normalized spacial score (nSPS) is 12.6. The third-order valence-electron chi connectivity index (χ3n) is 13.1. The smallest absolute Gasteiger partial charge is 0.356 e. The van der Waals surface area contributed by atoms with E-state index in [1.165, 1.54) is 77.1 Å². The number of imidazole rings is 4. The predicted molar refractivity (Wildman–Crippen MR) is 469 cm³/mol. The van der Waals surface area contributed by atoms with E-state index >= 15 is 0 Å². The summed E-state index contributed by atoms with van der Waals surface area (Å²) in [4.78, 5) is 88.8. The first-order valence-corrected chi connectivity index (χ1v) is 47.4. The molecule has 0 aliphatic carbocycles. The van der Waals surface area contributed by atoms with Gasteiger partial charge in [-0.15, -0.1) is 34.8 Å². The highest BCUT2D eigenvalue weighted by molar-refractivity contribution is 7.54. The molecule has 0 radical (unpaired) electrons. The molecule has 13 N–H and O–H groups in total. The quantitative estimate of drug-likeness (QED) is 0.00745. The third kappa shape index (κ3) is 55.3. The summed E-state index contributed by atoms with van der Waals surface area (Å²) in [5, 5.41) is 8.53. The number of fused-ring (bicyclic) bond motifs is 4. The number of nitrogens with two attached hydrogens (primary N) is 4. The second kappa shape index (κ2) is 68.1. The van der Waals surface area contributed by atoms with Crippen LogP contribution in [-0.4, -0.2) is 264 Å². The van der Waals surface area contributed by atoms with E-state index in [9.17, 15) is 27.5 Å². The van der Waals surface area contributed by atoms with Gasteiger partial charge < -0.3 is 132 Å². The van der Waals surface area contributed by atoms with E-state index in [0.717, 1.165) is 0 Å². The molecule has 9 rings (SSSR count). The molecule has 0 bridgehead atoms. The molecule has 9 heterocycles. The first-order chi connectivity index (χ1) is 57.2. The highest BCUT2D eigenvalue weighted by Gasteiger charge is 2.30. The van der Waals surface area contributed by atoms with Gasteiger partial charge in [-0.05, 0) is 94.3 Å². The van der Waals surface area contributed by atoms with Crippen molar-refractivity contribution in [1.29, 1.82) is 0 Å². The Hall–Kier alpha value is -4.15. The number of hydrogen-bond donors (Lipinski definition) is 9. The highest BCUT2D eigenvalue weighted by atomic mass is 35.5. The van der Waals surface area contributed by atoms with Crippen LogP contribution in [0.3, 0.4) is 0 Å². The molecule has 698 valence electrons. The second-order valence-electron chi connectivity index (χ2n) is 24.9. The molecule has 1 aliphatic rings. The van der Waals surface area contributed by atoms with Gasteiger partial charge >= 0.3 is 22.8 Å². The van der Waals surface area contributed by atoms with Gasteiger partial charge in [0.15, 0.2) is 71.2 Å². The van der Waals surface area contributed by atoms with Crippen LogP contribution in [0.5, 0.6) is 0 Å². The number of ether oxygens (including phenoxy) is 8. The van der Waals surface area contributed by atoms with Crippen molar-refractivity contribution in [2.24, 2.45) is 0 Å². The van der Waals surface area contributed by atoms with Gasteiger partial charge in [-0.1, -0.05) is 105 Å². The van der Waals surface area contributed by atoms with Crippen LogP contribution in [0.2, 0.25) is 20.6 Å². The lowest BCUT2D eigenvalue weighted by Crippen LogP contribution is -2.27. The maximum Gasteiger partial charge on any atom is 0.356 e. The summed E-state index contributed by atoms with van der Waals surface area (Å²) in [6.07, 6.45) is 11.8. The third-order valence-corrected chi connectivity index (χ3v) is 19.8. The van der Waals surface area contributed by atoms with E-state index in [0.29, 0.717) is 114 Å². The number of aliphatic hydroxyl groups is 1. The number of alkyl halides is 5. The predicted octanol–water partition coefficient (Wildman–Crippen LogP) is 13.2. The molecule has 1 atom stereocenters. The number of nitrogens with one attached hydrogen (secondary N) is 1. The molecule has 0 aromatic carbocycles. The SMILES string of the molecule is C.C1OCOCO1.CC(C)OP(=O)(COCCCl)OC(C)C.CC(C)OP(=O)(COCCn1cnc2c(Cl)nc(N)nc21)OC(C)C.CCCCN(CCCC)CCCC.ClCCOCCl.Nc1nc(Cl)c2[nH]cnc2n1.Nc1nc(Cl)c2ncn(CCOCP(=O)(O)O)c2n1.Nc1nc(Cl)c2ncn(CCOCP(=O)([O-])O)c2n1.OCCCl.[2H]CF. The summed E-state index contributed by atoms with van der Waals surface area (Å²) in [7, 11) is -16.0. The average Bonchev–Trinajstić information content (AvgIpc) is 1.69. The summed E-state index contributed by atoms with van der Waals surface area (Å²) < 4.78 is 126. The van der Waals surface area contributed by atoms with Crippen LogP contribution in [0.4, 0.5) is 28.2 Å². The molecule has 0 saturated carbocycles. The first kappa shape index (κ1) is 117. The van der Waals surface area contributed by atoms with Gasteiger partial charge in [0.05, 0.1) is 97.9 Å². The molecule has 8 aromatic heterocycles. The zero-order valence-electron chi connectivity index (χ0n) is 69.7. The molecule has 55 heteroatoms. The zero-order chi connectivity index (χ0) is 91.6. The Balaban J connectivity index is 0. The fourth-order valence-electron chi connectivity index (χ4n) is 8.67. The van der Waals surface area contributed by atoms with E-state index in [-0.39, 0.29) is 123 Å². The molecule has 42 nitrogen and oxygen atoms in total. The topological polar surface area (TPSA) is 576 Å². The van der Waals surface area contributed by atoms with Crippen molar-refractivity contribution in [3.63, 3.8) is 0 Å². The van der Waals surface area contributed by atoms with Gasteiger partial charge in [-0.3, -0.25) is 18.1 Å². The lowest BCUT2D eigenvalue weighted by atomic mass is 10.2. The van der Waals surface area contributed by atoms with E-state index in [1.54, 1.807) is 75.4 Å². The average molecular weight is 1970 g/mol. The van der Waals surface area contributed by atoms with E-state index in [4.69, 9.17) is 174 Å². The van der Waals surface area contributed by atoms with Gasteiger partial charge in [-0.25, -0.2) is 19.9 Å². The van der Waals surface area contributed by atoms with Crippen LogP contribution in [0.25, 0.3) is 44.7 Å². The van der Waals surface area contributed by atoms with Crippen LogP contribution in [-0.2, 0) is 93.9 Å². The summed E-state index contributed by atoms with van der Waals surface area (Å²) in [5.41, 5.74) is 25.6. The Morgan fingerprint density at radius 2 is 0.835 bits per heavy atom. The molecule has 0 amide bonds. The Labute approximate surface area is 746 Å². The van der Waals surface area contributed by atoms with Crippen LogP contribution in [0.1, 0.15) is 123 Å². The van der Waals surface area contributed by atoms with Gasteiger partial charge in [0.25, 0.3) is 0 Å². The maximum atomic E-state index is 12.7. The van der Waals surface area contributed by atoms with Crippen molar-refractivity contribution in [1.82, 2.24) is 83.4 Å². The molecule has 1 saturated heterocycles. The van der Waals surface area contributed by atoms with E-state index in [2.05, 4.69) is 109 Å². The summed E-state index contributed by atoms with van der Waals surface area (Å²) in [6, 6.07) is 0.243. The van der Waals surface area contributed by atoms with Crippen molar-refractivity contribution in [2.75, 3.05) is 159 Å². The van der Waals surface area contributed by atoms with Crippen LogP contribution in [0.15, 0.2) is 25.3 Å². The standard InChI is InChI=1S/C14H23ClN5O4P.C12H27N.C9H20ClO4P.2C8H11ClN5O4P.C5H4ClN5.C3H6Cl2O.C3H6O3.C2H5ClO.CH3F.CH4/c1-9(2)23-25(21,24-10(3)4)8-22-6-5-20-7-17-11-12(15)18-14(16)19-13(11)20;1-4-7-10-13(11-8-5-2)12-9-6-3;1-8(2)13-15(11,14-9(3)4)7-12-6-5-10;2*9-6-5-7(13-8(10)12-6)14(3-11-5)1-2-18-4-19(15,16)17;6-3-2-4(9-1-8-2)11-5(7)10-3;4-1-2-6-3-5;1-4-2-6-3-5-1;3-1-2-4;1-2;/h7,9-10H,5-6,8H2,1-4H3,(H2,16,18,19);4-12H2,1-3H3;8-9H,5-7H2,1-4H3;2*3H,1-2,4H2,(H2,10,12,13)(H2,15,16,17);1H,(H3,7,8,9,10,11);2*1-3H2;4H,1-2H2;1H3;1H4/p-1/i;;;;;;;;;1D;. The minimum absolute atomic E-state index is 0. The number of hydrogen-bond acceptors (Lipinski definition) is 35. The fourth-order valence-corrected chi connectivity index (χ4v) is 14.2. The van der Waals surface area contributed by atoms with Crippen molar-refractivity contribution in [3.05, 3.63) is 45.9 Å². The number of aromatic amines is 1. The minimum Gasteiger partial charge on any atom is -0.777 e. The Bertz CT molecular complexity index is 4080. The number of H-pyrrole nitrogens is 1. The lowest BCUT2D eigenvalue weighted by Gasteiger charge is -2.22. The molecule has 121 heavy (non-hydrogen) atoms. The number of unbranched alkanes of at least 4 members (excludes halogenated alkanes) is 3. The second-order valence-corrected chi connectivity index (χ2v) is 34.6. The number of halogens is 9. The molecule has 1 aliphatic heterocycles. The van der Waals surface area contributed by atoms with Crippen molar-refractivity contribution in [3.8, 4) is 0 Å². The number of nitrogens with zero attached hydrogens (tertiary/aromatic N) is 16. The Morgan fingerprint density at radius 3 is 1.12 bits per heavy atom. The van der Waals surface area contributed by atoms with Gasteiger partial charge in [0.2, 0.25) is 23.8 Å². The number of rotatable bonds is 40. The molecule has 1 fully saturated rings. The van der Waals surface area contributed by atoms with Crippen LogP contribution in [0, 0.1) is 0 Å². The largest absolute Gasteiger partial charge is 0.777 e. The number of aromatic nitrogens is 16. The van der Waals surface area contributed by atoms with Crippen LogP contribution >= 0.6 is 123 Å². The summed E-state index contributed by atoms with van der Waals surface area (Å²) >= 11 is 44.1. The van der Waals surface area contributed by atoms with E-state index < -0.39 is 50.2 Å². The van der Waals surface area contributed by atoms with Crippen molar-refractivity contribution < 1.29 is 105 Å². The molecular weight excluding hydrogens is 1850 g/mol. The molecule has 8 aromatic rings. The van der Waals surface area contributed by atoms with Gasteiger partial charge in [0, 0.05) is 37.3 Å².